The normalized spacial score (nSPS) is 13.2. The van der Waals surface area contributed by atoms with Gasteiger partial charge in [0.25, 0.3) is 0 Å². The van der Waals surface area contributed by atoms with Crippen molar-refractivity contribution in [2.75, 3.05) is 6.61 Å². The molecule has 94 valence electrons. The van der Waals surface area contributed by atoms with Crippen LogP contribution in [0.25, 0.3) is 0 Å². The van der Waals surface area contributed by atoms with Gasteiger partial charge in [-0.1, -0.05) is 45.9 Å². The Hall–Kier alpha value is -1.24. The smallest absolute Gasteiger partial charge is 0.123 e. The van der Waals surface area contributed by atoms with Gasteiger partial charge in [0.2, 0.25) is 0 Å². The van der Waals surface area contributed by atoms with Crippen LogP contribution in [0.2, 0.25) is 0 Å². The maximum Gasteiger partial charge on any atom is 0.123 e. The van der Waals surface area contributed by atoms with Crippen molar-refractivity contribution in [1.29, 1.82) is 0 Å². The summed E-state index contributed by atoms with van der Waals surface area (Å²) in [5.74, 6) is 1.37. The second-order valence-corrected chi connectivity index (χ2v) is 5.46. The maximum absolute atomic E-state index is 5.76. The van der Waals surface area contributed by atoms with Crippen LogP contribution in [0.4, 0.5) is 0 Å². The Labute approximate surface area is 106 Å². The van der Waals surface area contributed by atoms with Gasteiger partial charge in [-0.2, -0.15) is 0 Å². The van der Waals surface area contributed by atoms with Crippen LogP contribution in [0.3, 0.4) is 0 Å². The topological polar surface area (TPSA) is 9.23 Å². The van der Waals surface area contributed by atoms with Crippen molar-refractivity contribution in [3.8, 4) is 5.75 Å². The first-order chi connectivity index (χ1) is 7.90. The van der Waals surface area contributed by atoms with E-state index in [1.807, 2.05) is 13.0 Å². The summed E-state index contributed by atoms with van der Waals surface area (Å²) in [6.45, 7) is 15.3. The summed E-state index contributed by atoms with van der Waals surface area (Å²) >= 11 is 0. The first-order valence-electron chi connectivity index (χ1n) is 6.30. The number of benzene rings is 1. The minimum Gasteiger partial charge on any atom is -0.494 e. The Balaban J connectivity index is 3.21. The summed E-state index contributed by atoms with van der Waals surface area (Å²) in [4.78, 5) is 0. The molecule has 17 heavy (non-hydrogen) atoms. The molecule has 1 unspecified atom stereocenters. The molecule has 0 aliphatic carbocycles. The molecule has 0 N–H and O–H groups in total. The molecule has 0 heterocycles. The van der Waals surface area contributed by atoms with Crippen LogP contribution < -0.4 is 4.74 Å². The number of hydrogen-bond acceptors (Lipinski definition) is 1. The van der Waals surface area contributed by atoms with Crippen LogP contribution in [0.1, 0.15) is 51.7 Å². The van der Waals surface area contributed by atoms with Gasteiger partial charge in [0.05, 0.1) is 6.61 Å². The van der Waals surface area contributed by atoms with E-state index in [1.54, 1.807) is 0 Å². The monoisotopic (exact) mass is 232 g/mol. The van der Waals surface area contributed by atoms with E-state index < -0.39 is 0 Å². The Morgan fingerprint density at radius 1 is 1.35 bits per heavy atom. The summed E-state index contributed by atoms with van der Waals surface area (Å²) in [7, 11) is 0. The van der Waals surface area contributed by atoms with Gasteiger partial charge >= 0.3 is 0 Å². The Bertz CT molecular complexity index is 385. The molecule has 0 aromatic heterocycles. The van der Waals surface area contributed by atoms with E-state index in [0.717, 1.165) is 5.75 Å². The minimum absolute atomic E-state index is 0.112. The molecule has 0 saturated heterocycles. The van der Waals surface area contributed by atoms with Crippen molar-refractivity contribution in [2.45, 2.75) is 46.0 Å². The molecule has 0 fully saturated rings. The molecule has 1 rings (SSSR count). The van der Waals surface area contributed by atoms with Crippen LogP contribution in [0, 0.1) is 0 Å². The fraction of sp³-hybridized carbons (Fsp3) is 0.500. The van der Waals surface area contributed by atoms with Gasteiger partial charge in [0.15, 0.2) is 0 Å². The third kappa shape index (κ3) is 3.36. The van der Waals surface area contributed by atoms with Gasteiger partial charge in [-0.05, 0) is 35.4 Å². The van der Waals surface area contributed by atoms with E-state index in [-0.39, 0.29) is 5.41 Å². The lowest BCUT2D eigenvalue weighted by Gasteiger charge is -2.23. The predicted molar refractivity (Wildman–Crippen MR) is 74.9 cm³/mol. The third-order valence-corrected chi connectivity index (χ3v) is 2.99. The Morgan fingerprint density at radius 2 is 2.00 bits per heavy atom. The highest BCUT2D eigenvalue weighted by molar-refractivity contribution is 5.43. The molecule has 0 saturated carbocycles. The van der Waals surface area contributed by atoms with E-state index in [0.29, 0.717) is 12.5 Å². The van der Waals surface area contributed by atoms with Crippen molar-refractivity contribution < 1.29 is 4.74 Å². The zero-order valence-corrected chi connectivity index (χ0v) is 11.7. The van der Waals surface area contributed by atoms with Crippen LogP contribution in [0.15, 0.2) is 30.9 Å². The van der Waals surface area contributed by atoms with Gasteiger partial charge < -0.3 is 4.74 Å². The fourth-order valence-corrected chi connectivity index (χ4v) is 1.85. The molecule has 1 aromatic carbocycles. The Morgan fingerprint density at radius 3 is 2.47 bits per heavy atom. The second kappa shape index (κ2) is 5.39. The number of allylic oxidation sites excluding steroid dienone is 1. The zero-order valence-electron chi connectivity index (χ0n) is 11.7. The average Bonchev–Trinajstić information content (AvgIpc) is 2.27. The van der Waals surface area contributed by atoms with Crippen molar-refractivity contribution in [2.24, 2.45) is 0 Å². The molecule has 1 heteroatoms. The summed E-state index contributed by atoms with van der Waals surface area (Å²) in [5, 5.41) is 0. The maximum atomic E-state index is 5.76. The number of ether oxygens (including phenoxy) is 1. The lowest BCUT2D eigenvalue weighted by atomic mass is 9.85. The lowest BCUT2D eigenvalue weighted by molar-refractivity contribution is 0.329. The predicted octanol–water partition coefficient (Wildman–Crippen LogP) is 4.67. The number of hydrogen-bond donors (Lipinski definition) is 0. The highest BCUT2D eigenvalue weighted by Crippen LogP contribution is 2.34. The highest BCUT2D eigenvalue weighted by Gasteiger charge is 2.19. The summed E-state index contributed by atoms with van der Waals surface area (Å²) in [5.41, 5.74) is 2.64. The van der Waals surface area contributed by atoms with Crippen molar-refractivity contribution in [1.82, 2.24) is 0 Å². The average molecular weight is 232 g/mol. The largest absolute Gasteiger partial charge is 0.494 e. The van der Waals surface area contributed by atoms with Crippen LogP contribution in [-0.4, -0.2) is 6.61 Å². The highest BCUT2D eigenvalue weighted by atomic mass is 16.5. The molecule has 1 aromatic rings. The van der Waals surface area contributed by atoms with Crippen LogP contribution in [-0.2, 0) is 5.41 Å². The van der Waals surface area contributed by atoms with Crippen molar-refractivity contribution >= 4 is 0 Å². The van der Waals surface area contributed by atoms with Gasteiger partial charge in [-0.25, -0.2) is 0 Å². The van der Waals surface area contributed by atoms with E-state index in [9.17, 15) is 0 Å². The minimum atomic E-state index is 0.112. The van der Waals surface area contributed by atoms with E-state index in [4.69, 9.17) is 4.74 Å². The van der Waals surface area contributed by atoms with E-state index in [2.05, 4.69) is 52.5 Å². The first kappa shape index (κ1) is 13.8. The summed E-state index contributed by atoms with van der Waals surface area (Å²) in [6, 6.07) is 6.51. The SMILES string of the molecule is C=CC(C)c1ccc(C(C)(C)C)c(OCC)c1. The fourth-order valence-electron chi connectivity index (χ4n) is 1.85. The molecule has 1 atom stereocenters. The van der Waals surface area contributed by atoms with Gasteiger partial charge in [0.1, 0.15) is 5.75 Å². The van der Waals surface area contributed by atoms with Gasteiger partial charge in [0, 0.05) is 0 Å². The van der Waals surface area contributed by atoms with Crippen LogP contribution >= 0.6 is 0 Å². The molecule has 0 aliphatic heterocycles. The first-order valence-corrected chi connectivity index (χ1v) is 6.30. The molecule has 1 nitrogen and oxygen atoms in total. The molecule has 0 aliphatic rings. The number of rotatable bonds is 4. The molecular formula is C16H24O. The van der Waals surface area contributed by atoms with Crippen molar-refractivity contribution in [3.63, 3.8) is 0 Å². The lowest BCUT2D eigenvalue weighted by Crippen LogP contribution is -2.14. The van der Waals surface area contributed by atoms with Crippen molar-refractivity contribution in [3.05, 3.63) is 42.0 Å². The Kier molecular flexibility index (Phi) is 4.39. The molecule has 0 amide bonds. The standard InChI is InChI=1S/C16H24O/c1-7-12(3)13-9-10-14(16(4,5)6)15(11-13)17-8-2/h7,9-12H,1,8H2,2-6H3. The zero-order chi connectivity index (χ0) is 13.1. The van der Waals surface area contributed by atoms with Crippen LogP contribution in [0.5, 0.6) is 5.75 Å². The van der Waals surface area contributed by atoms with Gasteiger partial charge in [-0.3, -0.25) is 0 Å². The molecule has 0 bridgehead atoms. The molecular weight excluding hydrogens is 208 g/mol. The second-order valence-electron chi connectivity index (χ2n) is 5.46. The summed E-state index contributed by atoms with van der Waals surface area (Å²) in [6.07, 6.45) is 1.96. The quantitative estimate of drug-likeness (QED) is 0.685. The van der Waals surface area contributed by atoms with E-state index in [1.165, 1.54) is 11.1 Å². The molecule has 0 radical (unpaired) electrons. The third-order valence-electron chi connectivity index (χ3n) is 2.99. The molecule has 0 spiro atoms. The summed E-state index contributed by atoms with van der Waals surface area (Å²) < 4.78 is 5.76. The van der Waals surface area contributed by atoms with E-state index >= 15 is 0 Å². The van der Waals surface area contributed by atoms with Gasteiger partial charge in [-0.15, -0.1) is 6.58 Å².